The Morgan fingerprint density at radius 2 is 1.80 bits per heavy atom. The van der Waals surface area contributed by atoms with Gasteiger partial charge in [0.1, 0.15) is 0 Å². The Balaban J connectivity index is 2.26. The molecule has 0 aromatic heterocycles. The molecule has 2 rings (SSSR count). The van der Waals surface area contributed by atoms with E-state index in [4.69, 9.17) is 0 Å². The van der Waals surface area contributed by atoms with Crippen LogP contribution in [0.1, 0.15) is 25.3 Å². The highest BCUT2D eigenvalue weighted by Gasteiger charge is 1.99. The van der Waals surface area contributed by atoms with E-state index >= 15 is 0 Å². The van der Waals surface area contributed by atoms with Crippen LogP contribution in [0, 0.1) is 6.42 Å². The van der Waals surface area contributed by atoms with Crippen LogP contribution in [0.4, 0.5) is 0 Å². The molecule has 0 atom stereocenters. The molecule has 0 saturated carbocycles. The van der Waals surface area contributed by atoms with Crippen molar-refractivity contribution in [2.45, 2.75) is 26.2 Å². The lowest BCUT2D eigenvalue weighted by Gasteiger charge is -2.05. The third-order valence-electron chi connectivity index (χ3n) is 2.79. The van der Waals surface area contributed by atoms with E-state index in [9.17, 15) is 0 Å². The Labute approximate surface area is 91.9 Å². The molecule has 1 radical (unpaired) electrons. The molecule has 15 heavy (non-hydrogen) atoms. The van der Waals surface area contributed by atoms with Gasteiger partial charge in [-0.15, -0.1) is 0 Å². The summed E-state index contributed by atoms with van der Waals surface area (Å²) in [6.45, 7) is 2.20. The Bertz CT molecular complexity index is 423. The van der Waals surface area contributed by atoms with E-state index in [1.807, 2.05) is 0 Å². The molecule has 0 heterocycles. The molecule has 0 nitrogen and oxygen atoms in total. The maximum absolute atomic E-state index is 2.35. The van der Waals surface area contributed by atoms with Crippen LogP contribution in [0.25, 0.3) is 10.8 Å². The zero-order valence-electron chi connectivity index (χ0n) is 9.24. The summed E-state index contributed by atoms with van der Waals surface area (Å²) in [5, 5.41) is 2.76. The van der Waals surface area contributed by atoms with Gasteiger partial charge in [-0.05, 0) is 35.6 Å². The summed E-state index contributed by atoms with van der Waals surface area (Å²) in [4.78, 5) is 0. The highest BCUT2D eigenvalue weighted by molar-refractivity contribution is 5.85. The van der Waals surface area contributed by atoms with Crippen molar-refractivity contribution in [3.8, 4) is 0 Å². The van der Waals surface area contributed by atoms with Crippen molar-refractivity contribution in [1.29, 1.82) is 0 Å². The van der Waals surface area contributed by atoms with Gasteiger partial charge in [0.2, 0.25) is 0 Å². The first-order chi connectivity index (χ1) is 7.42. The van der Waals surface area contributed by atoms with Crippen LogP contribution in [0.3, 0.4) is 0 Å². The first kappa shape index (κ1) is 10.2. The van der Waals surface area contributed by atoms with Crippen LogP contribution in [-0.4, -0.2) is 0 Å². The van der Waals surface area contributed by atoms with E-state index in [0.717, 1.165) is 6.42 Å². The Hall–Kier alpha value is -1.30. The number of hydrogen-bond acceptors (Lipinski definition) is 0. The predicted molar refractivity (Wildman–Crippen MR) is 66.9 cm³/mol. The molecule has 0 spiro atoms. The lowest BCUT2D eigenvalue weighted by atomic mass is 10.00. The van der Waals surface area contributed by atoms with Crippen LogP contribution < -0.4 is 0 Å². The first-order valence-electron chi connectivity index (χ1n) is 5.70. The second-order valence-electron chi connectivity index (χ2n) is 3.87. The zero-order valence-corrected chi connectivity index (χ0v) is 9.24. The fraction of sp³-hybridized carbons (Fsp3) is 0.267. The summed E-state index contributed by atoms with van der Waals surface area (Å²) < 4.78 is 0. The maximum Gasteiger partial charge on any atom is -0.0152 e. The molecule has 2 aromatic rings. The number of hydrogen-bond donors (Lipinski definition) is 0. The van der Waals surface area contributed by atoms with Crippen molar-refractivity contribution in [2.24, 2.45) is 0 Å². The number of aryl methyl sites for hydroxylation is 1. The predicted octanol–water partition coefficient (Wildman–Crippen LogP) is 4.39. The summed E-state index contributed by atoms with van der Waals surface area (Å²) in [7, 11) is 0. The highest BCUT2D eigenvalue weighted by Crippen LogP contribution is 2.20. The Morgan fingerprint density at radius 1 is 1.00 bits per heavy atom. The molecule has 0 aliphatic carbocycles. The molecule has 0 fully saturated rings. The molecule has 0 heteroatoms. The van der Waals surface area contributed by atoms with E-state index < -0.39 is 0 Å². The smallest absolute Gasteiger partial charge is 0.0152 e. The molecule has 0 saturated heterocycles. The minimum absolute atomic E-state index is 1.16. The van der Waals surface area contributed by atoms with Crippen molar-refractivity contribution in [3.63, 3.8) is 0 Å². The number of rotatable bonds is 4. The Morgan fingerprint density at radius 3 is 2.67 bits per heavy atom. The fourth-order valence-corrected chi connectivity index (χ4v) is 1.97. The van der Waals surface area contributed by atoms with E-state index in [1.165, 1.54) is 29.2 Å². The van der Waals surface area contributed by atoms with Crippen molar-refractivity contribution in [2.75, 3.05) is 0 Å². The molecule has 77 valence electrons. The number of unbranched alkanes of at least 4 members (excludes halogenated alkanes) is 2. The van der Waals surface area contributed by atoms with Gasteiger partial charge >= 0.3 is 0 Å². The van der Waals surface area contributed by atoms with E-state index in [0.29, 0.717) is 0 Å². The van der Waals surface area contributed by atoms with Crippen LogP contribution in [0.5, 0.6) is 0 Å². The van der Waals surface area contributed by atoms with E-state index in [-0.39, 0.29) is 0 Å². The molecule has 0 amide bonds. The first-order valence-corrected chi connectivity index (χ1v) is 5.70. The summed E-state index contributed by atoms with van der Waals surface area (Å²) in [5.74, 6) is 0. The molecule has 0 aliphatic rings. The quantitative estimate of drug-likeness (QED) is 0.638. The monoisotopic (exact) mass is 197 g/mol. The van der Waals surface area contributed by atoms with Gasteiger partial charge in [-0.3, -0.25) is 0 Å². The van der Waals surface area contributed by atoms with Gasteiger partial charge in [-0.2, -0.15) is 0 Å². The normalized spacial score (nSPS) is 10.7. The molecule has 0 aliphatic heterocycles. The van der Waals surface area contributed by atoms with E-state index in [2.05, 4.69) is 55.8 Å². The van der Waals surface area contributed by atoms with Crippen LogP contribution in [-0.2, 0) is 6.42 Å². The SMILES string of the molecule is CC[CH]CCc1cccc2ccccc12. The third-order valence-corrected chi connectivity index (χ3v) is 2.79. The van der Waals surface area contributed by atoms with Gasteiger partial charge < -0.3 is 0 Å². The lowest BCUT2D eigenvalue weighted by Crippen LogP contribution is -1.87. The third kappa shape index (κ3) is 2.38. The topological polar surface area (TPSA) is 0 Å². The van der Waals surface area contributed by atoms with Crippen molar-refractivity contribution >= 4 is 10.8 Å². The summed E-state index contributed by atoms with van der Waals surface area (Å²) in [5.41, 5.74) is 1.47. The van der Waals surface area contributed by atoms with Crippen molar-refractivity contribution < 1.29 is 0 Å². The molecular formula is C15H17. The van der Waals surface area contributed by atoms with Crippen LogP contribution >= 0.6 is 0 Å². The average Bonchev–Trinajstić information content (AvgIpc) is 2.30. The molecule has 0 unspecified atom stereocenters. The fourth-order valence-electron chi connectivity index (χ4n) is 1.97. The average molecular weight is 197 g/mol. The van der Waals surface area contributed by atoms with E-state index in [1.54, 1.807) is 0 Å². The van der Waals surface area contributed by atoms with Gasteiger partial charge in [0.05, 0.1) is 0 Å². The number of benzene rings is 2. The van der Waals surface area contributed by atoms with Crippen LogP contribution in [0.15, 0.2) is 42.5 Å². The van der Waals surface area contributed by atoms with Gasteiger partial charge in [0, 0.05) is 0 Å². The highest BCUT2D eigenvalue weighted by atomic mass is 14.0. The zero-order chi connectivity index (χ0) is 10.5. The molecular weight excluding hydrogens is 180 g/mol. The van der Waals surface area contributed by atoms with Gasteiger partial charge in [0.25, 0.3) is 0 Å². The minimum Gasteiger partial charge on any atom is -0.0651 e. The molecule has 0 N–H and O–H groups in total. The summed E-state index contributed by atoms with van der Waals surface area (Å²) in [6.07, 6.45) is 5.87. The number of fused-ring (bicyclic) bond motifs is 1. The summed E-state index contributed by atoms with van der Waals surface area (Å²) >= 11 is 0. The van der Waals surface area contributed by atoms with Gasteiger partial charge in [-0.25, -0.2) is 0 Å². The second-order valence-corrected chi connectivity index (χ2v) is 3.87. The molecule has 0 bridgehead atoms. The second kappa shape index (κ2) is 4.97. The van der Waals surface area contributed by atoms with Crippen molar-refractivity contribution in [3.05, 3.63) is 54.4 Å². The minimum atomic E-state index is 1.16. The Kier molecular flexibility index (Phi) is 3.39. The standard InChI is InChI=1S/C15H17/c1-2-3-4-8-13-10-7-11-14-9-5-6-12-15(13)14/h3,5-7,9-12H,2,4,8H2,1H3. The van der Waals surface area contributed by atoms with Gasteiger partial charge in [-0.1, -0.05) is 55.8 Å². The molecule has 2 aromatic carbocycles. The largest absolute Gasteiger partial charge is 0.0651 e. The van der Waals surface area contributed by atoms with Crippen LogP contribution in [0.2, 0.25) is 0 Å². The summed E-state index contributed by atoms with van der Waals surface area (Å²) in [6, 6.07) is 15.2. The lowest BCUT2D eigenvalue weighted by molar-refractivity contribution is 0.883. The maximum atomic E-state index is 2.35. The van der Waals surface area contributed by atoms with Gasteiger partial charge in [0.15, 0.2) is 0 Å². The van der Waals surface area contributed by atoms with Crippen molar-refractivity contribution in [1.82, 2.24) is 0 Å².